The van der Waals surface area contributed by atoms with Crippen LogP contribution in [0.5, 0.6) is 0 Å². The summed E-state index contributed by atoms with van der Waals surface area (Å²) in [5.74, 6) is -0.760. The van der Waals surface area contributed by atoms with E-state index in [1.165, 1.54) is 13.2 Å². The summed E-state index contributed by atoms with van der Waals surface area (Å²) in [4.78, 5) is 27.6. The lowest BCUT2D eigenvalue weighted by Crippen LogP contribution is -2.69. The first-order valence-electron chi connectivity index (χ1n) is 9.65. The Balaban J connectivity index is 2.31. The van der Waals surface area contributed by atoms with Crippen LogP contribution in [0.2, 0.25) is 19.6 Å². The van der Waals surface area contributed by atoms with E-state index in [-0.39, 0.29) is 11.5 Å². The molecule has 1 unspecified atom stereocenters. The van der Waals surface area contributed by atoms with Crippen LogP contribution in [0.25, 0.3) is 0 Å². The minimum absolute atomic E-state index is 0.0626. The van der Waals surface area contributed by atoms with E-state index in [4.69, 9.17) is 9.16 Å². The maximum Gasteiger partial charge on any atom is 0.220 e. The lowest BCUT2D eigenvalue weighted by atomic mass is 9.61. The number of benzene rings is 1. The first kappa shape index (κ1) is 21.9. The van der Waals surface area contributed by atoms with Crippen molar-refractivity contribution in [3.05, 3.63) is 53.8 Å². The van der Waals surface area contributed by atoms with E-state index in [0.717, 1.165) is 5.56 Å². The molecule has 29 heavy (non-hydrogen) atoms. The molecule has 0 saturated carbocycles. The Morgan fingerprint density at radius 1 is 1.14 bits per heavy atom. The molecule has 156 valence electrons. The first-order chi connectivity index (χ1) is 13.5. The third-order valence-electron chi connectivity index (χ3n) is 5.65. The van der Waals surface area contributed by atoms with Gasteiger partial charge in [0.25, 0.3) is 0 Å². The van der Waals surface area contributed by atoms with Crippen LogP contribution in [-0.4, -0.2) is 42.1 Å². The van der Waals surface area contributed by atoms with E-state index in [1.54, 1.807) is 25.1 Å². The van der Waals surface area contributed by atoms with Crippen molar-refractivity contribution in [1.82, 2.24) is 0 Å². The van der Waals surface area contributed by atoms with Gasteiger partial charge in [-0.2, -0.15) is 0 Å². The van der Waals surface area contributed by atoms with Crippen LogP contribution in [0.4, 0.5) is 0 Å². The predicted octanol–water partition coefficient (Wildman–Crippen LogP) is 3.71. The molecule has 0 radical (unpaired) electrons. The minimum atomic E-state index is -2.15. The van der Waals surface area contributed by atoms with Gasteiger partial charge >= 0.3 is 0 Å². The Bertz CT molecular complexity index is 928. The summed E-state index contributed by atoms with van der Waals surface area (Å²) in [5.41, 5.74) is -0.172. The molecule has 0 saturated heterocycles. The van der Waals surface area contributed by atoms with Crippen LogP contribution in [0.3, 0.4) is 0 Å². The molecule has 0 heterocycles. The number of hydrogen-bond donors (Lipinski definition) is 0. The molecule has 0 fully saturated rings. The number of rotatable bonds is 5. The van der Waals surface area contributed by atoms with Gasteiger partial charge in [-0.3, -0.25) is 13.8 Å². The Hall–Kier alpha value is -1.83. The highest BCUT2D eigenvalue weighted by Gasteiger charge is 2.69. The summed E-state index contributed by atoms with van der Waals surface area (Å²) in [7, 11) is -2.63. The van der Waals surface area contributed by atoms with E-state index in [0.29, 0.717) is 11.3 Å². The van der Waals surface area contributed by atoms with Crippen LogP contribution in [0, 0.1) is 12.3 Å². The van der Waals surface area contributed by atoms with E-state index in [2.05, 4.69) is 0 Å². The largest absolute Gasteiger partial charge is 0.493 e. The Morgan fingerprint density at radius 3 is 2.31 bits per heavy atom. The van der Waals surface area contributed by atoms with Crippen LogP contribution < -0.4 is 0 Å². The molecule has 0 N–H and O–H groups in total. The summed E-state index contributed by atoms with van der Waals surface area (Å²) < 4.78 is 24.2. The summed E-state index contributed by atoms with van der Waals surface area (Å²) in [6.07, 6.45) is 4.44. The first-order valence-corrected chi connectivity index (χ1v) is 14.2. The van der Waals surface area contributed by atoms with Crippen molar-refractivity contribution in [2.24, 2.45) is 5.41 Å². The molecule has 0 aromatic heterocycles. The van der Waals surface area contributed by atoms with Crippen molar-refractivity contribution in [2.75, 3.05) is 7.11 Å². The second-order valence-corrected chi connectivity index (χ2v) is 15.0. The third-order valence-corrected chi connectivity index (χ3v) is 8.77. The van der Waals surface area contributed by atoms with Gasteiger partial charge in [0.2, 0.25) is 5.78 Å². The fraction of sp³-hybridized carbons (Fsp3) is 0.455. The smallest absolute Gasteiger partial charge is 0.220 e. The van der Waals surface area contributed by atoms with Gasteiger partial charge in [-0.1, -0.05) is 29.8 Å². The van der Waals surface area contributed by atoms with Gasteiger partial charge in [0.1, 0.15) is 0 Å². The van der Waals surface area contributed by atoms with Crippen molar-refractivity contribution in [1.29, 1.82) is 0 Å². The van der Waals surface area contributed by atoms with Gasteiger partial charge in [0, 0.05) is 11.0 Å². The number of allylic oxidation sites excluding steroid dienone is 3. The van der Waals surface area contributed by atoms with Gasteiger partial charge in [0.15, 0.2) is 24.6 Å². The highest BCUT2D eigenvalue weighted by atomic mass is 32.2. The predicted molar refractivity (Wildman–Crippen MR) is 116 cm³/mol. The number of fused-ring (bicyclic) bond motifs is 1. The van der Waals surface area contributed by atoms with Crippen LogP contribution >= 0.6 is 0 Å². The minimum Gasteiger partial charge on any atom is -0.493 e. The molecule has 0 bridgehead atoms. The molecule has 3 rings (SSSR count). The number of Topliss-reactive ketones (excluding diaryl/α,β-unsaturated/α-hetero) is 1. The van der Waals surface area contributed by atoms with E-state index in [9.17, 15) is 13.8 Å². The number of ketones is 2. The van der Waals surface area contributed by atoms with Crippen molar-refractivity contribution in [2.45, 2.75) is 55.7 Å². The summed E-state index contributed by atoms with van der Waals surface area (Å²) in [6, 6.07) is 7.23. The number of ether oxygens (including phenoxy) is 1. The quantitative estimate of drug-likeness (QED) is 0.524. The second-order valence-electron chi connectivity index (χ2n) is 8.84. The van der Waals surface area contributed by atoms with Crippen molar-refractivity contribution in [3.8, 4) is 0 Å². The summed E-state index contributed by atoms with van der Waals surface area (Å²) >= 11 is 0. The zero-order chi connectivity index (χ0) is 21.6. The van der Waals surface area contributed by atoms with E-state index in [1.807, 2.05) is 44.8 Å². The topological polar surface area (TPSA) is 69.7 Å². The average molecular weight is 433 g/mol. The molecule has 7 heteroatoms. The van der Waals surface area contributed by atoms with Crippen molar-refractivity contribution < 1.29 is 23.0 Å². The van der Waals surface area contributed by atoms with Crippen LogP contribution in [0.15, 0.2) is 53.1 Å². The monoisotopic (exact) mass is 432 g/mol. The lowest BCUT2D eigenvalue weighted by Gasteiger charge is -2.52. The number of carbonyl (C=O) groups excluding carboxylic acids is 2. The van der Waals surface area contributed by atoms with Crippen molar-refractivity contribution in [3.63, 3.8) is 0 Å². The molecule has 1 aromatic carbocycles. The third kappa shape index (κ3) is 3.39. The van der Waals surface area contributed by atoms with Gasteiger partial charge in [-0.05, 0) is 52.0 Å². The van der Waals surface area contributed by atoms with Gasteiger partial charge in [0.05, 0.1) is 29.4 Å². The maximum absolute atomic E-state index is 14.1. The Morgan fingerprint density at radius 2 is 1.76 bits per heavy atom. The molecule has 2 aliphatic carbocycles. The fourth-order valence-corrected chi connectivity index (χ4v) is 7.17. The van der Waals surface area contributed by atoms with Gasteiger partial charge in [-0.25, -0.2) is 0 Å². The van der Waals surface area contributed by atoms with E-state index < -0.39 is 41.2 Å². The molecule has 2 aliphatic rings. The molecule has 0 spiro atoms. The summed E-state index contributed by atoms with van der Waals surface area (Å²) in [5, 5.41) is 0. The normalized spacial score (nSPS) is 30.6. The highest BCUT2D eigenvalue weighted by Crippen LogP contribution is 2.53. The average Bonchev–Trinajstić information content (AvgIpc) is 2.64. The number of aryl methyl sites for hydroxylation is 1. The van der Waals surface area contributed by atoms with E-state index >= 15 is 0 Å². The molecule has 0 amide bonds. The standard InChI is InChI=1S/C22H28O5SSi/c1-15-9-11-16(12-10-15)28(25)22-19(27-29(4,5)6)8-7-13-21(22,2)18(23)14-17(26-3)20(22)24/h7-12,14,19H,13H2,1-6H3/t19-,21-,22-,28?/m0/s1. The second kappa shape index (κ2) is 7.45. The maximum atomic E-state index is 14.1. The van der Waals surface area contributed by atoms with Crippen LogP contribution in [0.1, 0.15) is 18.9 Å². The zero-order valence-electron chi connectivity index (χ0n) is 17.8. The van der Waals surface area contributed by atoms with Gasteiger partial charge in [-0.15, -0.1) is 0 Å². The zero-order valence-corrected chi connectivity index (χ0v) is 19.6. The Kier molecular flexibility index (Phi) is 5.62. The number of methoxy groups -OCH3 is 1. The molecule has 1 aromatic rings. The highest BCUT2D eigenvalue weighted by molar-refractivity contribution is 7.87. The van der Waals surface area contributed by atoms with Crippen molar-refractivity contribution >= 4 is 30.7 Å². The van der Waals surface area contributed by atoms with Gasteiger partial charge < -0.3 is 9.16 Å². The molecular weight excluding hydrogens is 404 g/mol. The number of hydrogen-bond acceptors (Lipinski definition) is 5. The number of carbonyl (C=O) groups is 2. The molecule has 5 nitrogen and oxygen atoms in total. The molecular formula is C22H28O5SSi. The molecule has 0 aliphatic heterocycles. The summed E-state index contributed by atoms with van der Waals surface area (Å²) in [6.45, 7) is 9.70. The lowest BCUT2D eigenvalue weighted by molar-refractivity contribution is -0.139. The van der Waals surface area contributed by atoms with Crippen LogP contribution in [-0.2, 0) is 29.6 Å². The molecule has 4 atom stereocenters. The SMILES string of the molecule is COC1=CC(=O)[C@]2(C)CC=C[C@H](O[Si](C)(C)C)[C@]2(S(=O)c2ccc(C)cc2)C1=O. The fourth-order valence-electron chi connectivity index (χ4n) is 4.12. The Labute approximate surface area is 175 Å².